The van der Waals surface area contributed by atoms with E-state index >= 15 is 0 Å². The van der Waals surface area contributed by atoms with Gasteiger partial charge in [0, 0.05) is 35.8 Å². The Bertz CT molecular complexity index is 849. The zero-order chi connectivity index (χ0) is 19.2. The summed E-state index contributed by atoms with van der Waals surface area (Å²) in [5, 5.41) is 10.3. The van der Waals surface area contributed by atoms with Crippen molar-refractivity contribution in [1.82, 2.24) is 14.8 Å². The molecule has 0 radical (unpaired) electrons. The molecule has 0 spiro atoms. The molecule has 3 rings (SSSR count). The molecule has 2 heterocycles. The van der Waals surface area contributed by atoms with E-state index in [0.29, 0.717) is 0 Å². The normalized spacial score (nSPS) is 12.1. The standard InChI is InChI=1S/C21H26N4OS/c1-15-19(16(2)24-23-15)14-17-6-8-18(9-7-17)22-21(26)20(10-13-27-3)25-11-4-5-12-25/h4-9,11-12,20H,10,13-14H2,1-3H3,(H,22,26)(H,23,24). The van der Waals surface area contributed by atoms with Gasteiger partial charge >= 0.3 is 0 Å². The van der Waals surface area contributed by atoms with E-state index in [-0.39, 0.29) is 11.9 Å². The van der Waals surface area contributed by atoms with Crippen LogP contribution in [-0.4, -0.2) is 32.7 Å². The van der Waals surface area contributed by atoms with Gasteiger partial charge in [-0.3, -0.25) is 9.89 Å². The van der Waals surface area contributed by atoms with E-state index in [2.05, 4.69) is 33.9 Å². The van der Waals surface area contributed by atoms with Crippen molar-refractivity contribution in [3.8, 4) is 0 Å². The lowest BCUT2D eigenvalue weighted by Gasteiger charge is -2.18. The first-order valence-electron chi connectivity index (χ1n) is 9.10. The minimum Gasteiger partial charge on any atom is -0.342 e. The molecule has 0 aliphatic carbocycles. The molecule has 5 nitrogen and oxygen atoms in total. The number of amides is 1. The molecule has 27 heavy (non-hydrogen) atoms. The summed E-state index contributed by atoms with van der Waals surface area (Å²) in [6.07, 6.45) is 7.60. The van der Waals surface area contributed by atoms with Crippen LogP contribution in [0.4, 0.5) is 5.69 Å². The zero-order valence-corrected chi connectivity index (χ0v) is 16.8. The SMILES string of the molecule is CSCCC(C(=O)Nc1ccc(Cc2c(C)n[nH]c2C)cc1)n1cccc1. The molecule has 1 unspecified atom stereocenters. The number of carbonyl (C=O) groups excluding carboxylic acids is 1. The van der Waals surface area contributed by atoms with Crippen LogP contribution in [0.2, 0.25) is 0 Å². The van der Waals surface area contributed by atoms with Crippen molar-refractivity contribution in [1.29, 1.82) is 0 Å². The monoisotopic (exact) mass is 382 g/mol. The number of H-pyrrole nitrogens is 1. The van der Waals surface area contributed by atoms with Crippen LogP contribution in [0.25, 0.3) is 0 Å². The molecule has 6 heteroatoms. The molecular weight excluding hydrogens is 356 g/mol. The largest absolute Gasteiger partial charge is 0.342 e. The predicted molar refractivity (Wildman–Crippen MR) is 112 cm³/mol. The third kappa shape index (κ3) is 4.83. The summed E-state index contributed by atoms with van der Waals surface area (Å²) in [5.41, 5.74) is 5.40. The van der Waals surface area contributed by atoms with Gasteiger partial charge in [-0.1, -0.05) is 12.1 Å². The Hall–Kier alpha value is -2.47. The molecule has 0 saturated heterocycles. The fraction of sp³-hybridized carbons (Fsp3) is 0.333. The van der Waals surface area contributed by atoms with Crippen LogP contribution in [0.1, 0.15) is 35.0 Å². The van der Waals surface area contributed by atoms with Gasteiger partial charge < -0.3 is 9.88 Å². The lowest BCUT2D eigenvalue weighted by molar-refractivity contribution is -0.119. The van der Waals surface area contributed by atoms with Crippen LogP contribution < -0.4 is 5.32 Å². The number of rotatable bonds is 8. The maximum atomic E-state index is 12.8. The summed E-state index contributed by atoms with van der Waals surface area (Å²) >= 11 is 1.76. The maximum absolute atomic E-state index is 12.8. The number of hydrogen-bond donors (Lipinski definition) is 2. The van der Waals surface area contributed by atoms with Crippen LogP contribution in [0.5, 0.6) is 0 Å². The molecule has 0 saturated carbocycles. The summed E-state index contributed by atoms with van der Waals surface area (Å²) in [6.45, 7) is 4.06. The molecule has 2 aromatic heterocycles. The van der Waals surface area contributed by atoms with Crippen molar-refractivity contribution in [2.75, 3.05) is 17.3 Å². The van der Waals surface area contributed by atoms with Crippen molar-refractivity contribution in [3.63, 3.8) is 0 Å². The van der Waals surface area contributed by atoms with Gasteiger partial charge in [-0.25, -0.2) is 0 Å². The molecular formula is C21H26N4OS. The van der Waals surface area contributed by atoms with Gasteiger partial charge in [0.05, 0.1) is 5.69 Å². The van der Waals surface area contributed by atoms with Crippen molar-refractivity contribution in [2.45, 2.75) is 32.7 Å². The van der Waals surface area contributed by atoms with Crippen LogP contribution in [0, 0.1) is 13.8 Å². The molecule has 1 atom stereocenters. The molecule has 2 N–H and O–H groups in total. The number of thioether (sulfide) groups is 1. The summed E-state index contributed by atoms with van der Waals surface area (Å²) in [4.78, 5) is 12.8. The number of benzene rings is 1. The number of nitrogens with zero attached hydrogens (tertiary/aromatic N) is 2. The summed E-state index contributed by atoms with van der Waals surface area (Å²) in [6, 6.07) is 11.8. The molecule has 0 aliphatic heterocycles. The van der Waals surface area contributed by atoms with E-state index in [9.17, 15) is 4.79 Å². The highest BCUT2D eigenvalue weighted by Crippen LogP contribution is 2.20. The second-order valence-corrected chi connectivity index (χ2v) is 7.69. The second kappa shape index (κ2) is 8.95. The lowest BCUT2D eigenvalue weighted by Crippen LogP contribution is -2.25. The van der Waals surface area contributed by atoms with E-state index in [4.69, 9.17) is 0 Å². The van der Waals surface area contributed by atoms with E-state index in [1.165, 1.54) is 11.1 Å². The van der Waals surface area contributed by atoms with Crippen LogP contribution in [0.3, 0.4) is 0 Å². The number of hydrogen-bond acceptors (Lipinski definition) is 3. The fourth-order valence-electron chi connectivity index (χ4n) is 3.17. The molecule has 1 aromatic carbocycles. The minimum atomic E-state index is -0.191. The quantitative estimate of drug-likeness (QED) is 0.609. The Balaban J connectivity index is 1.67. The van der Waals surface area contributed by atoms with Gasteiger partial charge in [0.15, 0.2) is 0 Å². The van der Waals surface area contributed by atoms with Gasteiger partial charge in [-0.05, 0) is 62.1 Å². The van der Waals surface area contributed by atoms with Crippen molar-refractivity contribution < 1.29 is 4.79 Å². The van der Waals surface area contributed by atoms with Crippen molar-refractivity contribution >= 4 is 23.4 Å². The Morgan fingerprint density at radius 3 is 2.52 bits per heavy atom. The van der Waals surface area contributed by atoms with Gasteiger partial charge in [0.2, 0.25) is 5.91 Å². The van der Waals surface area contributed by atoms with E-state index in [1.807, 2.05) is 55.1 Å². The Morgan fingerprint density at radius 2 is 1.93 bits per heavy atom. The number of nitrogens with one attached hydrogen (secondary N) is 2. The average Bonchev–Trinajstić information content (AvgIpc) is 3.29. The van der Waals surface area contributed by atoms with Gasteiger partial charge in [0.25, 0.3) is 0 Å². The first-order chi connectivity index (χ1) is 13.1. The summed E-state index contributed by atoms with van der Waals surface area (Å²) in [5.74, 6) is 0.966. The van der Waals surface area contributed by atoms with Crippen molar-refractivity contribution in [3.05, 3.63) is 71.3 Å². The van der Waals surface area contributed by atoms with Crippen LogP contribution in [-0.2, 0) is 11.2 Å². The Labute approximate surface area is 164 Å². The van der Waals surface area contributed by atoms with Gasteiger partial charge in [0.1, 0.15) is 6.04 Å². The molecule has 0 bridgehead atoms. The predicted octanol–water partition coefficient (Wildman–Crippen LogP) is 4.35. The Kier molecular flexibility index (Phi) is 6.40. The topological polar surface area (TPSA) is 62.7 Å². The highest BCUT2D eigenvalue weighted by molar-refractivity contribution is 7.98. The molecule has 1 amide bonds. The van der Waals surface area contributed by atoms with Crippen molar-refractivity contribution in [2.24, 2.45) is 0 Å². The summed E-state index contributed by atoms with van der Waals surface area (Å²) in [7, 11) is 0. The molecule has 0 aliphatic rings. The fourth-order valence-corrected chi connectivity index (χ4v) is 3.63. The van der Waals surface area contributed by atoms with Gasteiger partial charge in [-0.2, -0.15) is 16.9 Å². The summed E-state index contributed by atoms with van der Waals surface area (Å²) < 4.78 is 1.98. The Morgan fingerprint density at radius 1 is 1.22 bits per heavy atom. The highest BCUT2D eigenvalue weighted by Gasteiger charge is 2.19. The first-order valence-corrected chi connectivity index (χ1v) is 10.5. The second-order valence-electron chi connectivity index (χ2n) is 6.70. The van der Waals surface area contributed by atoms with E-state index in [0.717, 1.165) is 35.7 Å². The third-order valence-corrected chi connectivity index (χ3v) is 5.41. The number of aryl methyl sites for hydroxylation is 2. The van der Waals surface area contributed by atoms with Crippen LogP contribution >= 0.6 is 11.8 Å². The van der Waals surface area contributed by atoms with Gasteiger partial charge in [-0.15, -0.1) is 0 Å². The van der Waals surface area contributed by atoms with Crippen LogP contribution in [0.15, 0.2) is 48.8 Å². The molecule has 0 fully saturated rings. The first kappa shape index (κ1) is 19.3. The average molecular weight is 383 g/mol. The van der Waals surface area contributed by atoms with E-state index < -0.39 is 0 Å². The maximum Gasteiger partial charge on any atom is 0.247 e. The number of anilines is 1. The number of carbonyl (C=O) groups is 1. The third-order valence-electron chi connectivity index (χ3n) is 4.77. The molecule has 142 valence electrons. The highest BCUT2D eigenvalue weighted by atomic mass is 32.2. The zero-order valence-electron chi connectivity index (χ0n) is 16.0. The number of aromatic nitrogens is 3. The smallest absolute Gasteiger partial charge is 0.247 e. The minimum absolute atomic E-state index is 0.0227. The number of aromatic amines is 1. The lowest BCUT2D eigenvalue weighted by atomic mass is 10.0. The molecule has 3 aromatic rings. The van der Waals surface area contributed by atoms with E-state index in [1.54, 1.807) is 11.8 Å².